The van der Waals surface area contributed by atoms with Crippen LogP contribution in [-0.4, -0.2) is 50.1 Å². The summed E-state index contributed by atoms with van der Waals surface area (Å²) in [5.74, 6) is 0.122. The summed E-state index contributed by atoms with van der Waals surface area (Å²) in [6.07, 6.45) is 6.36. The average Bonchev–Trinajstić information content (AvgIpc) is 3.34. The van der Waals surface area contributed by atoms with Gasteiger partial charge < -0.3 is 14.5 Å². The van der Waals surface area contributed by atoms with E-state index in [0.29, 0.717) is 37.6 Å². The normalized spacial score (nSPS) is 24.6. The van der Waals surface area contributed by atoms with E-state index >= 15 is 0 Å². The van der Waals surface area contributed by atoms with Gasteiger partial charge in [-0.05, 0) is 30.9 Å². The van der Waals surface area contributed by atoms with E-state index in [1.807, 2.05) is 0 Å². The summed E-state index contributed by atoms with van der Waals surface area (Å²) in [4.78, 5) is 34.2. The van der Waals surface area contributed by atoms with Crippen molar-refractivity contribution in [1.82, 2.24) is 20.0 Å². The molecule has 1 saturated heterocycles. The molecule has 0 aromatic carbocycles. The van der Waals surface area contributed by atoms with Gasteiger partial charge in [0, 0.05) is 43.9 Å². The van der Waals surface area contributed by atoms with Crippen molar-refractivity contribution in [1.29, 1.82) is 0 Å². The molecule has 0 unspecified atom stereocenters. The van der Waals surface area contributed by atoms with Crippen LogP contribution in [0.1, 0.15) is 31.6 Å². The number of nitrogens with zero attached hydrogens (tertiary/aromatic N) is 4. The average molecular weight is 356 g/mol. The second-order valence-corrected chi connectivity index (χ2v) is 7.07. The summed E-state index contributed by atoms with van der Waals surface area (Å²) in [5.41, 5.74) is 0.0615. The van der Waals surface area contributed by atoms with Crippen molar-refractivity contribution in [3.63, 3.8) is 0 Å². The number of amides is 1. The molecule has 2 aromatic heterocycles. The standard InChI is InChI=1S/C18H20N4O4/c23-15(22-10-13-2-1-7-18(13,11-22)17(24)25)4-3-14-20-16(21-26-14)12-5-8-19-9-6-12/h5-6,8-9,13H,1-4,7,10-11H2,(H,24,25)/t13-,18+/m0/s1. The number of carbonyl (C=O) groups excluding carboxylic acids is 1. The zero-order chi connectivity index (χ0) is 18.1. The number of aromatic nitrogens is 3. The molecule has 4 rings (SSSR count). The summed E-state index contributed by atoms with van der Waals surface area (Å²) >= 11 is 0. The molecule has 136 valence electrons. The number of aryl methyl sites for hydroxylation is 1. The Labute approximate surface area is 150 Å². The highest BCUT2D eigenvalue weighted by molar-refractivity contribution is 5.81. The third-order valence-corrected chi connectivity index (χ3v) is 5.61. The summed E-state index contributed by atoms with van der Waals surface area (Å²) in [7, 11) is 0. The maximum atomic E-state index is 12.5. The molecule has 2 aliphatic rings. The van der Waals surface area contributed by atoms with Crippen molar-refractivity contribution in [2.75, 3.05) is 13.1 Å². The first kappa shape index (κ1) is 16.7. The molecule has 0 radical (unpaired) electrons. The third-order valence-electron chi connectivity index (χ3n) is 5.61. The Hall–Kier alpha value is -2.77. The van der Waals surface area contributed by atoms with E-state index in [9.17, 15) is 14.7 Å². The predicted molar refractivity (Wildman–Crippen MR) is 89.8 cm³/mol. The number of carbonyl (C=O) groups is 2. The number of rotatable bonds is 5. The van der Waals surface area contributed by atoms with Gasteiger partial charge in [0.15, 0.2) is 0 Å². The molecule has 1 saturated carbocycles. The number of aliphatic carboxylic acids is 1. The molecule has 1 N–H and O–H groups in total. The number of carboxylic acids is 1. The Bertz CT molecular complexity index is 822. The fourth-order valence-electron chi connectivity index (χ4n) is 4.18. The Morgan fingerprint density at radius 1 is 1.35 bits per heavy atom. The second-order valence-electron chi connectivity index (χ2n) is 7.07. The summed E-state index contributed by atoms with van der Waals surface area (Å²) < 4.78 is 5.22. The molecule has 3 heterocycles. The van der Waals surface area contributed by atoms with Gasteiger partial charge in [-0.2, -0.15) is 4.98 Å². The molecule has 2 atom stereocenters. The number of fused-ring (bicyclic) bond motifs is 1. The number of pyridine rings is 1. The van der Waals surface area contributed by atoms with Gasteiger partial charge in [-0.15, -0.1) is 0 Å². The molecule has 2 fully saturated rings. The van der Waals surface area contributed by atoms with Crippen LogP contribution in [0.2, 0.25) is 0 Å². The Morgan fingerprint density at radius 2 is 2.15 bits per heavy atom. The predicted octanol–water partition coefficient (Wildman–Crippen LogP) is 1.78. The number of carboxylic acid groups (broad SMARTS) is 1. The van der Waals surface area contributed by atoms with Crippen LogP contribution >= 0.6 is 0 Å². The summed E-state index contributed by atoms with van der Waals surface area (Å²) in [6.45, 7) is 0.856. The molecular formula is C18H20N4O4. The molecule has 2 aromatic rings. The van der Waals surface area contributed by atoms with Crippen LogP contribution in [0.3, 0.4) is 0 Å². The molecule has 8 nitrogen and oxygen atoms in total. The number of hydrogen-bond donors (Lipinski definition) is 1. The van der Waals surface area contributed by atoms with Gasteiger partial charge in [0.2, 0.25) is 17.6 Å². The smallest absolute Gasteiger partial charge is 0.311 e. The first-order valence-corrected chi connectivity index (χ1v) is 8.83. The SMILES string of the molecule is O=C(CCc1nc(-c2ccncc2)no1)N1C[C@@H]2CCC[C@@]2(C(=O)O)C1. The van der Waals surface area contributed by atoms with Crippen molar-refractivity contribution in [3.05, 3.63) is 30.4 Å². The van der Waals surface area contributed by atoms with Gasteiger partial charge in [0.1, 0.15) is 0 Å². The molecular weight excluding hydrogens is 336 g/mol. The van der Waals surface area contributed by atoms with E-state index in [-0.39, 0.29) is 18.2 Å². The molecule has 1 aliphatic carbocycles. The van der Waals surface area contributed by atoms with Crippen LogP contribution in [0, 0.1) is 11.3 Å². The quantitative estimate of drug-likeness (QED) is 0.869. The van der Waals surface area contributed by atoms with E-state index in [1.165, 1.54) is 0 Å². The van der Waals surface area contributed by atoms with Gasteiger partial charge in [-0.3, -0.25) is 14.6 Å². The molecule has 0 spiro atoms. The zero-order valence-electron chi connectivity index (χ0n) is 14.3. The highest BCUT2D eigenvalue weighted by Crippen LogP contribution is 2.48. The summed E-state index contributed by atoms with van der Waals surface area (Å²) in [5, 5.41) is 13.5. The van der Waals surface area contributed by atoms with Gasteiger partial charge >= 0.3 is 5.97 Å². The van der Waals surface area contributed by atoms with E-state index in [4.69, 9.17) is 4.52 Å². The van der Waals surface area contributed by atoms with Crippen molar-refractivity contribution in [2.45, 2.75) is 32.1 Å². The lowest BCUT2D eigenvalue weighted by Gasteiger charge is -2.23. The first-order valence-electron chi connectivity index (χ1n) is 8.83. The number of likely N-dealkylation sites (tertiary alicyclic amines) is 1. The van der Waals surface area contributed by atoms with Gasteiger partial charge in [-0.1, -0.05) is 11.6 Å². The molecule has 0 bridgehead atoms. The van der Waals surface area contributed by atoms with Crippen molar-refractivity contribution >= 4 is 11.9 Å². The lowest BCUT2D eigenvalue weighted by Crippen LogP contribution is -2.37. The van der Waals surface area contributed by atoms with Crippen LogP contribution in [-0.2, 0) is 16.0 Å². The fourth-order valence-corrected chi connectivity index (χ4v) is 4.18. The lowest BCUT2D eigenvalue weighted by molar-refractivity contribution is -0.149. The molecule has 8 heteroatoms. The van der Waals surface area contributed by atoms with Gasteiger partial charge in [0.25, 0.3) is 0 Å². The van der Waals surface area contributed by atoms with E-state index in [1.54, 1.807) is 29.4 Å². The van der Waals surface area contributed by atoms with Crippen LogP contribution in [0.15, 0.2) is 29.0 Å². The van der Waals surface area contributed by atoms with Crippen molar-refractivity contribution in [3.8, 4) is 11.4 Å². The lowest BCUT2D eigenvalue weighted by atomic mass is 9.81. The highest BCUT2D eigenvalue weighted by atomic mass is 16.5. The molecule has 26 heavy (non-hydrogen) atoms. The van der Waals surface area contributed by atoms with Crippen LogP contribution < -0.4 is 0 Å². The van der Waals surface area contributed by atoms with E-state index in [2.05, 4.69) is 15.1 Å². The molecule has 1 aliphatic heterocycles. The Kier molecular flexibility index (Phi) is 4.18. The monoisotopic (exact) mass is 356 g/mol. The van der Waals surface area contributed by atoms with Crippen LogP contribution in [0.5, 0.6) is 0 Å². The second kappa shape index (κ2) is 6.51. The fraction of sp³-hybridized carbons (Fsp3) is 0.500. The maximum Gasteiger partial charge on any atom is 0.311 e. The molecule has 1 amide bonds. The van der Waals surface area contributed by atoms with Gasteiger partial charge in [-0.25, -0.2) is 0 Å². The largest absolute Gasteiger partial charge is 0.481 e. The maximum absolute atomic E-state index is 12.5. The minimum absolute atomic E-state index is 0.0521. The Morgan fingerprint density at radius 3 is 2.88 bits per heavy atom. The Balaban J connectivity index is 1.37. The minimum atomic E-state index is -0.769. The highest BCUT2D eigenvalue weighted by Gasteiger charge is 2.55. The minimum Gasteiger partial charge on any atom is -0.481 e. The number of hydrogen-bond acceptors (Lipinski definition) is 6. The van der Waals surface area contributed by atoms with Crippen molar-refractivity contribution in [2.24, 2.45) is 11.3 Å². The third kappa shape index (κ3) is 2.85. The van der Waals surface area contributed by atoms with Crippen molar-refractivity contribution < 1.29 is 19.2 Å². The van der Waals surface area contributed by atoms with Crippen LogP contribution in [0.4, 0.5) is 0 Å². The van der Waals surface area contributed by atoms with E-state index in [0.717, 1.165) is 18.4 Å². The topological polar surface area (TPSA) is 109 Å². The first-order chi connectivity index (χ1) is 12.6. The zero-order valence-corrected chi connectivity index (χ0v) is 14.3. The van der Waals surface area contributed by atoms with Gasteiger partial charge in [0.05, 0.1) is 5.41 Å². The van der Waals surface area contributed by atoms with Crippen LogP contribution in [0.25, 0.3) is 11.4 Å². The van der Waals surface area contributed by atoms with E-state index < -0.39 is 11.4 Å². The summed E-state index contributed by atoms with van der Waals surface area (Å²) in [6, 6.07) is 3.57.